The number of aliphatic carboxylic acids is 1. The van der Waals surface area contributed by atoms with Crippen LogP contribution in [-0.4, -0.2) is 58.2 Å². The molecule has 39 heavy (non-hydrogen) atoms. The maximum absolute atomic E-state index is 13.8. The number of hydrogen-bond acceptors (Lipinski definition) is 6. The van der Waals surface area contributed by atoms with E-state index in [4.69, 9.17) is 11.6 Å². The van der Waals surface area contributed by atoms with Gasteiger partial charge in [0.15, 0.2) is 0 Å². The molecule has 2 N–H and O–H groups in total. The average molecular weight is 566 g/mol. The third kappa shape index (κ3) is 5.68. The SMILES string of the molecule is Cc1ccc([C@@H](C)Nc2nc(N3CC([C@H]4CCCN([C@H]5C[C@](C)(C(=O)O)C5)C4)C3)ncc2C(F)(F)F)c(Cl)c1. The minimum Gasteiger partial charge on any atom is -0.481 e. The largest absolute Gasteiger partial charge is 0.481 e. The summed E-state index contributed by atoms with van der Waals surface area (Å²) >= 11 is 6.36. The molecule has 2 saturated heterocycles. The number of aromatic nitrogens is 2. The summed E-state index contributed by atoms with van der Waals surface area (Å²) in [5.41, 5.74) is 0.140. The van der Waals surface area contributed by atoms with E-state index in [2.05, 4.69) is 20.2 Å². The average Bonchev–Trinajstić information content (AvgIpc) is 2.80. The molecule has 7 nitrogen and oxygen atoms in total. The summed E-state index contributed by atoms with van der Waals surface area (Å²) < 4.78 is 41.4. The van der Waals surface area contributed by atoms with Crippen LogP contribution >= 0.6 is 11.6 Å². The molecule has 1 aliphatic carbocycles. The number of carbonyl (C=O) groups is 1. The van der Waals surface area contributed by atoms with Crippen molar-refractivity contribution < 1.29 is 23.1 Å². The van der Waals surface area contributed by atoms with Crippen LogP contribution in [0, 0.1) is 24.2 Å². The van der Waals surface area contributed by atoms with Crippen molar-refractivity contribution in [1.82, 2.24) is 14.9 Å². The van der Waals surface area contributed by atoms with Crippen LogP contribution in [0.25, 0.3) is 0 Å². The molecule has 2 aliphatic heterocycles. The van der Waals surface area contributed by atoms with Crippen molar-refractivity contribution in [3.8, 4) is 0 Å². The van der Waals surface area contributed by atoms with E-state index < -0.39 is 29.2 Å². The van der Waals surface area contributed by atoms with Gasteiger partial charge in [0.05, 0.1) is 11.5 Å². The van der Waals surface area contributed by atoms with Gasteiger partial charge in [-0.25, -0.2) is 4.98 Å². The van der Waals surface area contributed by atoms with Gasteiger partial charge in [-0.1, -0.05) is 23.7 Å². The molecule has 11 heteroatoms. The number of hydrogen-bond donors (Lipinski definition) is 2. The number of carboxylic acid groups (broad SMARTS) is 1. The molecule has 0 unspecified atom stereocenters. The number of nitrogens with one attached hydrogen (secondary N) is 1. The van der Waals surface area contributed by atoms with Gasteiger partial charge in [-0.3, -0.25) is 4.79 Å². The predicted molar refractivity (Wildman–Crippen MR) is 144 cm³/mol. The Labute approximate surface area is 231 Å². The van der Waals surface area contributed by atoms with Gasteiger partial charge in [-0.15, -0.1) is 0 Å². The first-order valence-electron chi connectivity index (χ1n) is 13.5. The van der Waals surface area contributed by atoms with E-state index in [1.165, 1.54) is 0 Å². The smallest absolute Gasteiger partial charge is 0.421 e. The number of halogens is 4. The molecule has 3 fully saturated rings. The summed E-state index contributed by atoms with van der Waals surface area (Å²) in [6.45, 7) is 8.80. The van der Waals surface area contributed by atoms with Crippen LogP contribution < -0.4 is 10.2 Å². The Balaban J connectivity index is 1.24. The second-order valence-electron chi connectivity index (χ2n) is 11.8. The Bertz CT molecular complexity index is 1230. The predicted octanol–water partition coefficient (Wildman–Crippen LogP) is 6.03. The number of aryl methyl sites for hydroxylation is 1. The molecular weight excluding hydrogens is 531 g/mol. The fourth-order valence-electron chi connectivity index (χ4n) is 6.25. The van der Waals surface area contributed by atoms with Crippen molar-refractivity contribution in [2.24, 2.45) is 17.3 Å². The molecule has 0 bridgehead atoms. The quantitative estimate of drug-likeness (QED) is 0.424. The second-order valence-corrected chi connectivity index (χ2v) is 12.2. The summed E-state index contributed by atoms with van der Waals surface area (Å²) in [5.74, 6) is 0.195. The number of rotatable bonds is 7. The number of carboxylic acids is 1. The number of nitrogens with zero attached hydrogens (tertiary/aromatic N) is 4. The molecular formula is C28H35ClF3N5O2. The van der Waals surface area contributed by atoms with Gasteiger partial charge in [-0.2, -0.15) is 18.2 Å². The van der Waals surface area contributed by atoms with Gasteiger partial charge in [0.2, 0.25) is 5.95 Å². The number of alkyl halides is 3. The van der Waals surface area contributed by atoms with Crippen molar-refractivity contribution in [3.05, 3.63) is 46.1 Å². The van der Waals surface area contributed by atoms with E-state index in [0.717, 1.165) is 37.7 Å². The molecule has 1 aromatic heterocycles. The standard InChI is InChI=1S/C28H35ClF3N5O2/c1-16-6-7-21(23(29)9-16)17(2)34-24-22(28(30,31)32)12-33-26(35-24)37-14-19(15-37)18-5-4-8-36(13-18)20-10-27(3,11-20)25(38)39/h6-7,9,12,17-20H,4-5,8,10-11,13-15H2,1-3H3,(H,38,39)(H,33,34,35)/t17-,18+,20-,27-/m1/s1. The van der Waals surface area contributed by atoms with Gasteiger partial charge < -0.3 is 20.2 Å². The van der Waals surface area contributed by atoms with Crippen LogP contribution in [0.3, 0.4) is 0 Å². The Morgan fingerprint density at radius 3 is 2.59 bits per heavy atom. The van der Waals surface area contributed by atoms with Crippen molar-refractivity contribution in [3.63, 3.8) is 0 Å². The van der Waals surface area contributed by atoms with Gasteiger partial charge in [-0.05, 0) is 82.0 Å². The van der Waals surface area contributed by atoms with E-state index in [1.807, 2.05) is 30.9 Å². The normalized spacial score (nSPS) is 27.0. The molecule has 2 aromatic rings. The van der Waals surface area contributed by atoms with Crippen LogP contribution in [0.4, 0.5) is 24.9 Å². The van der Waals surface area contributed by atoms with Crippen molar-refractivity contribution in [1.29, 1.82) is 0 Å². The highest BCUT2D eigenvalue weighted by Gasteiger charge is 2.50. The number of anilines is 2. The first-order chi connectivity index (χ1) is 18.3. The minimum absolute atomic E-state index is 0.254. The number of likely N-dealkylation sites (tertiary alicyclic amines) is 1. The molecule has 212 valence electrons. The summed E-state index contributed by atoms with van der Waals surface area (Å²) in [5, 5.41) is 12.8. The van der Waals surface area contributed by atoms with Crippen LogP contribution in [0.1, 0.15) is 62.3 Å². The molecule has 0 radical (unpaired) electrons. The molecule has 3 aliphatic rings. The number of piperidine rings is 1. The Morgan fingerprint density at radius 1 is 1.23 bits per heavy atom. The van der Waals surface area contributed by atoms with E-state index >= 15 is 0 Å². The molecule has 1 saturated carbocycles. The first kappa shape index (κ1) is 28.0. The third-order valence-electron chi connectivity index (χ3n) is 8.81. The molecule has 5 rings (SSSR count). The maximum atomic E-state index is 13.8. The summed E-state index contributed by atoms with van der Waals surface area (Å²) in [6.07, 6.45) is -0.182. The highest BCUT2D eigenvalue weighted by Crippen LogP contribution is 2.45. The lowest BCUT2D eigenvalue weighted by molar-refractivity contribution is -0.158. The lowest BCUT2D eigenvalue weighted by atomic mass is 9.65. The number of benzene rings is 1. The van der Waals surface area contributed by atoms with Crippen molar-refractivity contribution in [2.45, 2.75) is 64.7 Å². The van der Waals surface area contributed by atoms with E-state index in [1.54, 1.807) is 13.0 Å². The highest BCUT2D eigenvalue weighted by molar-refractivity contribution is 6.31. The van der Waals surface area contributed by atoms with E-state index in [-0.39, 0.29) is 11.8 Å². The lowest BCUT2D eigenvalue weighted by Gasteiger charge is -2.52. The van der Waals surface area contributed by atoms with Crippen molar-refractivity contribution >= 4 is 29.3 Å². The molecule has 0 amide bonds. The topological polar surface area (TPSA) is 81.6 Å². The molecule has 2 atom stereocenters. The van der Waals surface area contributed by atoms with Gasteiger partial charge in [0.1, 0.15) is 11.4 Å². The maximum Gasteiger partial charge on any atom is 0.421 e. The zero-order chi connectivity index (χ0) is 28.1. The minimum atomic E-state index is -4.60. The second kappa shape index (κ2) is 10.4. The third-order valence-corrected chi connectivity index (χ3v) is 9.14. The fourth-order valence-corrected chi connectivity index (χ4v) is 6.65. The molecule has 1 aromatic carbocycles. The highest BCUT2D eigenvalue weighted by atomic mass is 35.5. The molecule has 0 spiro atoms. The summed E-state index contributed by atoms with van der Waals surface area (Å²) in [7, 11) is 0. The van der Waals surface area contributed by atoms with Gasteiger partial charge in [0.25, 0.3) is 0 Å². The molecule has 3 heterocycles. The summed E-state index contributed by atoms with van der Waals surface area (Å²) in [4.78, 5) is 24.3. The van der Waals surface area contributed by atoms with Crippen LogP contribution in [-0.2, 0) is 11.0 Å². The van der Waals surface area contributed by atoms with Crippen LogP contribution in [0.2, 0.25) is 5.02 Å². The van der Waals surface area contributed by atoms with Crippen molar-refractivity contribution in [2.75, 3.05) is 36.4 Å². The fraction of sp³-hybridized carbons (Fsp3) is 0.607. The Morgan fingerprint density at radius 2 is 1.95 bits per heavy atom. The van der Waals surface area contributed by atoms with E-state index in [9.17, 15) is 23.1 Å². The Kier molecular flexibility index (Phi) is 7.47. The Hall–Kier alpha value is -2.59. The zero-order valence-corrected chi connectivity index (χ0v) is 23.2. The van der Waals surface area contributed by atoms with Gasteiger partial charge >= 0.3 is 12.1 Å². The van der Waals surface area contributed by atoms with E-state index in [0.29, 0.717) is 54.4 Å². The zero-order valence-electron chi connectivity index (χ0n) is 22.4. The lowest BCUT2D eigenvalue weighted by Crippen LogP contribution is -2.58. The van der Waals surface area contributed by atoms with Gasteiger partial charge in [0, 0.05) is 36.9 Å². The van der Waals surface area contributed by atoms with Crippen LogP contribution in [0.15, 0.2) is 24.4 Å². The summed E-state index contributed by atoms with van der Waals surface area (Å²) in [6, 6.07) is 5.30. The first-order valence-corrected chi connectivity index (χ1v) is 13.9. The van der Waals surface area contributed by atoms with Crippen LogP contribution in [0.5, 0.6) is 0 Å². The monoisotopic (exact) mass is 565 g/mol.